The van der Waals surface area contributed by atoms with E-state index >= 15 is 0 Å². The van der Waals surface area contributed by atoms with Gasteiger partial charge in [-0.15, -0.1) is 0 Å². The molecular weight excluding hydrogens is 178 g/mol. The van der Waals surface area contributed by atoms with Gasteiger partial charge in [0.05, 0.1) is 11.5 Å². The Morgan fingerprint density at radius 3 is 2.50 bits per heavy atom. The van der Waals surface area contributed by atoms with Gasteiger partial charge in [-0.3, -0.25) is 4.79 Å². The lowest BCUT2D eigenvalue weighted by Crippen LogP contribution is -2.42. The maximum atomic E-state index is 11.0. The summed E-state index contributed by atoms with van der Waals surface area (Å²) in [5.74, 6) is 0.0331. The Kier molecular flexibility index (Phi) is 2.27. The molecular formula is C7H13NO3S. The van der Waals surface area contributed by atoms with E-state index < -0.39 is 15.4 Å². The zero-order chi connectivity index (χ0) is 9.41. The van der Waals surface area contributed by atoms with Gasteiger partial charge in [-0.05, 0) is 13.3 Å². The fraction of sp³-hybridized carbons (Fsp3) is 0.857. The number of nitrogens with two attached hydrogens (primary N) is 1. The van der Waals surface area contributed by atoms with Crippen LogP contribution in [-0.2, 0) is 14.6 Å². The molecule has 4 nitrogen and oxygen atoms in total. The fourth-order valence-electron chi connectivity index (χ4n) is 1.58. The molecule has 1 heterocycles. The van der Waals surface area contributed by atoms with Crippen molar-refractivity contribution in [3.05, 3.63) is 0 Å². The third-order valence-corrected chi connectivity index (χ3v) is 3.86. The van der Waals surface area contributed by atoms with Crippen molar-refractivity contribution >= 4 is 15.6 Å². The first-order valence-electron chi connectivity index (χ1n) is 3.82. The van der Waals surface area contributed by atoms with E-state index in [0.29, 0.717) is 6.42 Å². The van der Waals surface area contributed by atoms with Crippen molar-refractivity contribution in [2.75, 3.05) is 11.5 Å². The van der Waals surface area contributed by atoms with Crippen LogP contribution in [0.25, 0.3) is 0 Å². The molecule has 0 radical (unpaired) electrons. The van der Waals surface area contributed by atoms with E-state index in [-0.39, 0.29) is 23.7 Å². The molecule has 12 heavy (non-hydrogen) atoms. The number of rotatable bonds is 2. The van der Waals surface area contributed by atoms with Gasteiger partial charge in [0.25, 0.3) is 0 Å². The summed E-state index contributed by atoms with van der Waals surface area (Å²) in [4.78, 5) is 10.7. The van der Waals surface area contributed by atoms with Crippen molar-refractivity contribution in [3.63, 3.8) is 0 Å². The van der Waals surface area contributed by atoms with Gasteiger partial charge in [0.15, 0.2) is 9.84 Å². The smallest absolute Gasteiger partial charge is 0.152 e. The highest BCUT2D eigenvalue weighted by Gasteiger charge is 2.39. The minimum atomic E-state index is -2.98. The molecule has 0 amide bonds. The largest absolute Gasteiger partial charge is 0.324 e. The maximum Gasteiger partial charge on any atom is 0.152 e. The molecule has 0 aromatic heterocycles. The van der Waals surface area contributed by atoms with Crippen molar-refractivity contribution in [2.45, 2.75) is 25.3 Å². The highest BCUT2D eigenvalue weighted by molar-refractivity contribution is 7.91. The third-order valence-electron chi connectivity index (χ3n) is 2.02. The maximum absolute atomic E-state index is 11.0. The molecule has 5 heteroatoms. The van der Waals surface area contributed by atoms with Gasteiger partial charge in [-0.25, -0.2) is 8.42 Å². The average Bonchev–Trinajstić information content (AvgIpc) is 2.03. The van der Waals surface area contributed by atoms with Crippen LogP contribution in [0.2, 0.25) is 0 Å². The second-order valence-corrected chi connectivity index (χ2v) is 5.77. The summed E-state index contributed by atoms with van der Waals surface area (Å²) in [5.41, 5.74) is 4.95. The molecule has 1 rings (SSSR count). The van der Waals surface area contributed by atoms with E-state index in [1.54, 1.807) is 0 Å². The quantitative estimate of drug-likeness (QED) is 0.637. The summed E-state index contributed by atoms with van der Waals surface area (Å²) in [7, 11) is -2.98. The third kappa shape index (κ3) is 2.28. The van der Waals surface area contributed by atoms with Crippen molar-refractivity contribution in [1.29, 1.82) is 0 Å². The summed E-state index contributed by atoms with van der Waals surface area (Å²) in [5, 5.41) is 0. The Morgan fingerprint density at radius 2 is 2.17 bits per heavy atom. The minimum Gasteiger partial charge on any atom is -0.324 e. The first-order chi connectivity index (χ1) is 5.33. The van der Waals surface area contributed by atoms with Gasteiger partial charge in [0.2, 0.25) is 0 Å². The summed E-state index contributed by atoms with van der Waals surface area (Å²) in [6, 6.07) is 0. The number of carbonyl (C=O) groups excluding carboxylic acids is 1. The zero-order valence-electron chi connectivity index (χ0n) is 7.04. The number of hydrogen-bond donors (Lipinski definition) is 1. The van der Waals surface area contributed by atoms with E-state index in [1.807, 2.05) is 0 Å². The number of sulfone groups is 1. The number of hydrogen-bond acceptors (Lipinski definition) is 4. The normalized spacial score (nSPS) is 33.5. The lowest BCUT2D eigenvalue weighted by Gasteiger charge is -2.19. The molecule has 1 saturated heterocycles. The highest BCUT2D eigenvalue weighted by Crippen LogP contribution is 2.24. The van der Waals surface area contributed by atoms with Gasteiger partial charge < -0.3 is 5.73 Å². The van der Waals surface area contributed by atoms with Crippen LogP contribution in [0, 0.1) is 0 Å². The van der Waals surface area contributed by atoms with Crippen LogP contribution < -0.4 is 5.73 Å². The molecule has 0 aromatic rings. The van der Waals surface area contributed by atoms with Crippen LogP contribution in [0.4, 0.5) is 0 Å². The Bertz CT molecular complexity index is 296. The predicted octanol–water partition coefficient (Wildman–Crippen LogP) is -0.518. The standard InChI is InChI=1S/C7H13NO3S/c1-6(9)4-7(8)2-3-12(10,11)5-7/h2-5,8H2,1H3. The van der Waals surface area contributed by atoms with Gasteiger partial charge in [-0.2, -0.15) is 0 Å². The minimum absolute atomic E-state index is 0.0421. The van der Waals surface area contributed by atoms with E-state index in [1.165, 1.54) is 6.92 Å². The molecule has 2 N–H and O–H groups in total. The van der Waals surface area contributed by atoms with Gasteiger partial charge in [0.1, 0.15) is 5.78 Å². The Hall–Kier alpha value is -0.420. The van der Waals surface area contributed by atoms with Gasteiger partial charge in [0, 0.05) is 12.0 Å². The van der Waals surface area contributed by atoms with E-state index in [9.17, 15) is 13.2 Å². The first kappa shape index (κ1) is 9.67. The molecule has 1 atom stereocenters. The lowest BCUT2D eigenvalue weighted by molar-refractivity contribution is -0.117. The van der Waals surface area contributed by atoms with Crippen LogP contribution >= 0.6 is 0 Å². The Labute approximate surface area is 72.0 Å². The second kappa shape index (κ2) is 2.81. The van der Waals surface area contributed by atoms with Gasteiger partial charge >= 0.3 is 0 Å². The molecule has 0 spiro atoms. The molecule has 0 bridgehead atoms. The van der Waals surface area contributed by atoms with Crippen molar-refractivity contribution in [1.82, 2.24) is 0 Å². The average molecular weight is 191 g/mol. The number of ketones is 1. The van der Waals surface area contributed by atoms with Crippen molar-refractivity contribution in [3.8, 4) is 0 Å². The predicted molar refractivity (Wildman–Crippen MR) is 45.5 cm³/mol. The molecule has 0 aromatic carbocycles. The summed E-state index contributed by atoms with van der Waals surface area (Å²) >= 11 is 0. The molecule has 70 valence electrons. The molecule has 1 aliphatic heterocycles. The number of carbonyl (C=O) groups is 1. The topological polar surface area (TPSA) is 77.2 Å². The first-order valence-corrected chi connectivity index (χ1v) is 5.64. The van der Waals surface area contributed by atoms with E-state index in [4.69, 9.17) is 5.73 Å². The molecule has 1 unspecified atom stereocenters. The van der Waals surface area contributed by atoms with Gasteiger partial charge in [-0.1, -0.05) is 0 Å². The summed E-state index contributed by atoms with van der Waals surface area (Å²) in [6.45, 7) is 1.43. The molecule has 0 saturated carbocycles. The van der Waals surface area contributed by atoms with E-state index in [2.05, 4.69) is 0 Å². The summed E-state index contributed by atoms with van der Waals surface area (Å²) < 4.78 is 22.1. The van der Waals surface area contributed by atoms with Crippen LogP contribution in [0.5, 0.6) is 0 Å². The Balaban J connectivity index is 2.71. The van der Waals surface area contributed by atoms with E-state index in [0.717, 1.165) is 0 Å². The second-order valence-electron chi connectivity index (χ2n) is 3.58. The molecule has 0 aliphatic carbocycles. The van der Waals surface area contributed by atoms with Crippen molar-refractivity contribution in [2.24, 2.45) is 5.73 Å². The van der Waals surface area contributed by atoms with Crippen molar-refractivity contribution < 1.29 is 13.2 Å². The van der Waals surface area contributed by atoms with Crippen LogP contribution in [0.3, 0.4) is 0 Å². The molecule has 1 fully saturated rings. The van der Waals surface area contributed by atoms with Crippen LogP contribution in [0.1, 0.15) is 19.8 Å². The monoisotopic (exact) mass is 191 g/mol. The molecule has 1 aliphatic rings. The van der Waals surface area contributed by atoms with Crippen LogP contribution in [-0.4, -0.2) is 31.2 Å². The number of Topliss-reactive ketones (excluding diaryl/α,β-unsaturated/α-hetero) is 1. The highest BCUT2D eigenvalue weighted by atomic mass is 32.2. The zero-order valence-corrected chi connectivity index (χ0v) is 7.86. The van der Waals surface area contributed by atoms with Crippen LogP contribution in [0.15, 0.2) is 0 Å². The lowest BCUT2D eigenvalue weighted by atomic mass is 9.94. The Morgan fingerprint density at radius 1 is 1.58 bits per heavy atom. The fourth-order valence-corrected chi connectivity index (χ4v) is 3.56. The SMILES string of the molecule is CC(=O)CC1(N)CCS(=O)(=O)C1. The summed E-state index contributed by atoms with van der Waals surface area (Å²) in [6.07, 6.45) is 0.584.